The fraction of sp³-hybridized carbons (Fsp3) is 0.700. The maximum Gasteiger partial charge on any atom is 0.119 e. The molecule has 0 aliphatic carbocycles. The first-order valence-corrected chi connectivity index (χ1v) is 9.35. The van der Waals surface area contributed by atoms with Crippen molar-refractivity contribution in [3.8, 4) is 5.75 Å². The van der Waals surface area contributed by atoms with Crippen molar-refractivity contribution in [2.75, 3.05) is 32.8 Å². The minimum atomic E-state index is 0.750. The third-order valence-electron chi connectivity index (χ3n) is 5.06. The van der Waals surface area contributed by atoms with Crippen LogP contribution in [0.3, 0.4) is 0 Å². The van der Waals surface area contributed by atoms with Gasteiger partial charge >= 0.3 is 0 Å². The molecular weight excluding hydrogens is 270 g/mol. The molecule has 2 nitrogen and oxygen atoms in total. The summed E-state index contributed by atoms with van der Waals surface area (Å²) >= 11 is 0. The van der Waals surface area contributed by atoms with Gasteiger partial charge in [-0.2, -0.15) is 0 Å². The van der Waals surface area contributed by atoms with Gasteiger partial charge in [0.25, 0.3) is 0 Å². The lowest BCUT2D eigenvalue weighted by Gasteiger charge is -2.42. The predicted octanol–water partition coefficient (Wildman–Crippen LogP) is 4.82. The minimum absolute atomic E-state index is 0.750. The average Bonchev–Trinajstić information content (AvgIpc) is 2.55. The van der Waals surface area contributed by atoms with Gasteiger partial charge in [0.05, 0.1) is 32.8 Å². The molecule has 22 heavy (non-hydrogen) atoms. The Morgan fingerprint density at radius 1 is 1.00 bits per heavy atom. The molecule has 1 aromatic carbocycles. The Morgan fingerprint density at radius 3 is 2.50 bits per heavy atom. The number of likely N-dealkylation sites (tertiary alicyclic amines) is 1. The molecule has 1 heterocycles. The van der Waals surface area contributed by atoms with Crippen LogP contribution in [0.5, 0.6) is 5.75 Å². The molecule has 1 aliphatic rings. The van der Waals surface area contributed by atoms with Crippen molar-refractivity contribution < 1.29 is 9.22 Å². The van der Waals surface area contributed by atoms with Crippen LogP contribution in [0.1, 0.15) is 57.9 Å². The summed E-state index contributed by atoms with van der Waals surface area (Å²) < 4.78 is 7.00. The molecule has 2 heteroatoms. The van der Waals surface area contributed by atoms with Crippen LogP contribution in [0.4, 0.5) is 0 Å². The molecule has 0 amide bonds. The molecular formula is C20H34NO+. The van der Waals surface area contributed by atoms with E-state index in [2.05, 4.69) is 31.2 Å². The van der Waals surface area contributed by atoms with Crippen molar-refractivity contribution in [3.05, 3.63) is 29.8 Å². The Kier molecular flexibility index (Phi) is 7.24. The fourth-order valence-corrected chi connectivity index (χ4v) is 3.81. The van der Waals surface area contributed by atoms with Crippen LogP contribution in [0.2, 0.25) is 0 Å². The second-order valence-electron chi connectivity index (χ2n) is 6.83. The molecule has 0 bridgehead atoms. The highest BCUT2D eigenvalue weighted by molar-refractivity contribution is 5.28. The molecule has 1 fully saturated rings. The van der Waals surface area contributed by atoms with E-state index in [0.717, 1.165) is 12.4 Å². The maximum absolute atomic E-state index is 5.61. The Labute approximate surface area is 137 Å². The Hall–Kier alpha value is -1.02. The zero-order chi connectivity index (χ0) is 15.7. The van der Waals surface area contributed by atoms with E-state index in [1.54, 1.807) is 0 Å². The Balaban J connectivity index is 1.85. The normalized spacial score (nSPS) is 17.4. The van der Waals surface area contributed by atoms with E-state index in [9.17, 15) is 0 Å². The summed E-state index contributed by atoms with van der Waals surface area (Å²) in [5, 5.41) is 0. The highest BCUT2D eigenvalue weighted by atomic mass is 16.5. The van der Waals surface area contributed by atoms with Crippen molar-refractivity contribution in [1.29, 1.82) is 0 Å². The van der Waals surface area contributed by atoms with Crippen LogP contribution in [0, 0.1) is 0 Å². The van der Waals surface area contributed by atoms with Gasteiger partial charge in [0.2, 0.25) is 0 Å². The van der Waals surface area contributed by atoms with Crippen molar-refractivity contribution in [3.63, 3.8) is 0 Å². The van der Waals surface area contributed by atoms with E-state index < -0.39 is 0 Å². The standard InChI is InChI=1S/C20H34NO/c1-3-5-14-21(15-7-6-8-16-21)17-10-12-19-11-9-13-20(18-19)22-4-2/h9,11,13,18H,3-8,10,12,14-17H2,1-2H3/q+1. The van der Waals surface area contributed by atoms with Gasteiger partial charge in [-0.1, -0.05) is 25.5 Å². The number of piperidine rings is 1. The van der Waals surface area contributed by atoms with Crippen molar-refractivity contribution in [2.24, 2.45) is 0 Å². The number of rotatable bonds is 9. The summed E-state index contributed by atoms with van der Waals surface area (Å²) in [4.78, 5) is 0. The second-order valence-corrected chi connectivity index (χ2v) is 6.83. The first kappa shape index (κ1) is 17.3. The highest BCUT2D eigenvalue weighted by Gasteiger charge is 2.28. The van der Waals surface area contributed by atoms with Crippen LogP contribution in [0.15, 0.2) is 24.3 Å². The van der Waals surface area contributed by atoms with E-state index >= 15 is 0 Å². The first-order chi connectivity index (χ1) is 10.8. The van der Waals surface area contributed by atoms with E-state index in [1.807, 2.05) is 6.92 Å². The molecule has 0 atom stereocenters. The summed E-state index contributed by atoms with van der Waals surface area (Å²) in [6.07, 6.45) is 9.53. The topological polar surface area (TPSA) is 9.23 Å². The number of hydrogen-bond donors (Lipinski definition) is 0. The number of aryl methyl sites for hydroxylation is 1. The van der Waals surface area contributed by atoms with Gasteiger partial charge in [-0.25, -0.2) is 0 Å². The summed E-state index contributed by atoms with van der Waals surface area (Å²) in [6, 6.07) is 8.65. The van der Waals surface area contributed by atoms with Gasteiger partial charge in [0.15, 0.2) is 0 Å². The molecule has 0 spiro atoms. The SMILES string of the molecule is CCCC[N+]1(CCCc2cccc(OCC)c2)CCCCC1. The molecule has 2 rings (SSSR count). The smallest absolute Gasteiger partial charge is 0.119 e. The number of nitrogens with zero attached hydrogens (tertiary/aromatic N) is 1. The van der Waals surface area contributed by atoms with Crippen LogP contribution in [-0.2, 0) is 6.42 Å². The number of ether oxygens (including phenoxy) is 1. The lowest BCUT2D eigenvalue weighted by molar-refractivity contribution is -0.932. The molecule has 0 aromatic heterocycles. The lowest BCUT2D eigenvalue weighted by atomic mass is 10.0. The van der Waals surface area contributed by atoms with E-state index in [0.29, 0.717) is 0 Å². The van der Waals surface area contributed by atoms with Crippen molar-refractivity contribution in [1.82, 2.24) is 0 Å². The minimum Gasteiger partial charge on any atom is -0.494 e. The first-order valence-electron chi connectivity index (χ1n) is 9.35. The van der Waals surface area contributed by atoms with E-state index in [1.165, 1.54) is 81.2 Å². The molecule has 0 saturated carbocycles. The third-order valence-corrected chi connectivity index (χ3v) is 5.06. The van der Waals surface area contributed by atoms with Crippen molar-refractivity contribution >= 4 is 0 Å². The summed E-state index contributed by atoms with van der Waals surface area (Å²) in [5.41, 5.74) is 1.43. The molecule has 1 aliphatic heterocycles. The largest absolute Gasteiger partial charge is 0.494 e. The van der Waals surface area contributed by atoms with Crippen LogP contribution < -0.4 is 4.74 Å². The molecule has 0 N–H and O–H groups in total. The van der Waals surface area contributed by atoms with Crippen LogP contribution >= 0.6 is 0 Å². The summed E-state index contributed by atoms with van der Waals surface area (Å²) in [6.45, 7) is 10.7. The van der Waals surface area contributed by atoms with Gasteiger partial charge in [0.1, 0.15) is 5.75 Å². The maximum atomic E-state index is 5.61. The number of benzene rings is 1. The average molecular weight is 304 g/mol. The van der Waals surface area contributed by atoms with Crippen molar-refractivity contribution in [2.45, 2.75) is 58.8 Å². The van der Waals surface area contributed by atoms with Gasteiger partial charge in [-0.05, 0) is 56.7 Å². The Morgan fingerprint density at radius 2 is 1.77 bits per heavy atom. The highest BCUT2D eigenvalue weighted by Crippen LogP contribution is 2.22. The van der Waals surface area contributed by atoms with Gasteiger partial charge < -0.3 is 9.22 Å². The van der Waals surface area contributed by atoms with Gasteiger partial charge in [0, 0.05) is 6.42 Å². The number of hydrogen-bond acceptors (Lipinski definition) is 1. The number of unbranched alkanes of at least 4 members (excludes halogenated alkanes) is 1. The van der Waals surface area contributed by atoms with Gasteiger partial charge in [-0.3, -0.25) is 0 Å². The second kappa shape index (κ2) is 9.19. The molecule has 1 aromatic rings. The third kappa shape index (κ3) is 5.31. The zero-order valence-electron chi connectivity index (χ0n) is 14.7. The lowest BCUT2D eigenvalue weighted by Crippen LogP contribution is -2.52. The predicted molar refractivity (Wildman–Crippen MR) is 94.4 cm³/mol. The van der Waals surface area contributed by atoms with Gasteiger partial charge in [-0.15, -0.1) is 0 Å². The zero-order valence-corrected chi connectivity index (χ0v) is 14.7. The molecule has 0 radical (unpaired) electrons. The molecule has 1 saturated heterocycles. The van der Waals surface area contributed by atoms with E-state index in [4.69, 9.17) is 4.74 Å². The summed E-state index contributed by atoms with van der Waals surface area (Å²) in [7, 11) is 0. The number of quaternary nitrogens is 1. The van der Waals surface area contributed by atoms with E-state index in [-0.39, 0.29) is 0 Å². The Bertz CT molecular complexity index is 423. The quantitative estimate of drug-likeness (QED) is 0.594. The monoisotopic (exact) mass is 304 g/mol. The molecule has 124 valence electrons. The molecule has 0 unspecified atom stereocenters. The fourth-order valence-electron chi connectivity index (χ4n) is 3.81. The summed E-state index contributed by atoms with van der Waals surface area (Å²) in [5.74, 6) is 1.02. The van der Waals surface area contributed by atoms with Crippen LogP contribution in [-0.4, -0.2) is 37.3 Å². The van der Waals surface area contributed by atoms with Crippen LogP contribution in [0.25, 0.3) is 0 Å².